The highest BCUT2D eigenvalue weighted by atomic mass is 16.9. The van der Waals surface area contributed by atoms with Gasteiger partial charge in [-0.3, -0.25) is 24.0 Å². The van der Waals surface area contributed by atoms with Crippen molar-refractivity contribution in [2.45, 2.75) is 38.4 Å². The second-order valence-electron chi connectivity index (χ2n) is 5.15. The van der Waals surface area contributed by atoms with E-state index in [9.17, 15) is 24.0 Å². The van der Waals surface area contributed by atoms with Crippen LogP contribution in [0.25, 0.3) is 0 Å². The zero-order valence-electron chi connectivity index (χ0n) is 12.9. The Morgan fingerprint density at radius 2 is 1.38 bits per heavy atom. The van der Waals surface area contributed by atoms with Crippen LogP contribution < -0.4 is 11.1 Å². The lowest BCUT2D eigenvalue weighted by Crippen LogP contribution is -2.43. The molecule has 0 aromatic carbocycles. The maximum Gasteiger partial charge on any atom is 0.254 e. The van der Waals surface area contributed by atoms with Gasteiger partial charge in [0.25, 0.3) is 23.6 Å². The molecule has 0 aromatic rings. The van der Waals surface area contributed by atoms with E-state index in [-0.39, 0.29) is 38.8 Å². The van der Waals surface area contributed by atoms with Gasteiger partial charge in [0.1, 0.15) is 0 Å². The van der Waals surface area contributed by atoms with Crippen LogP contribution in [0.2, 0.25) is 0 Å². The number of hydrogen-bond donors (Lipinski definition) is 2. The lowest BCUT2D eigenvalue weighted by atomic mass is 10.4. The standard InChI is InChI=1S/C13H18N4O7/c14-5-6-15-8(18)7-13(23-16-9(19)1-2-10(16)20)24-17-11(21)3-4-12(17)22/h13H,1-7,14H2,(H,15,18). The summed E-state index contributed by atoms with van der Waals surface area (Å²) in [4.78, 5) is 68.4. The maximum atomic E-state index is 11.8. The molecule has 132 valence electrons. The smallest absolute Gasteiger partial charge is 0.254 e. The van der Waals surface area contributed by atoms with Crippen molar-refractivity contribution in [3.63, 3.8) is 0 Å². The van der Waals surface area contributed by atoms with E-state index in [0.29, 0.717) is 10.1 Å². The highest BCUT2D eigenvalue weighted by Gasteiger charge is 2.37. The number of imide groups is 2. The molecule has 2 aliphatic rings. The van der Waals surface area contributed by atoms with Crippen LogP contribution in [0, 0.1) is 0 Å². The summed E-state index contributed by atoms with van der Waals surface area (Å²) in [6, 6.07) is 0. The van der Waals surface area contributed by atoms with Crippen molar-refractivity contribution < 1.29 is 33.6 Å². The van der Waals surface area contributed by atoms with Crippen LogP contribution in [0.15, 0.2) is 0 Å². The summed E-state index contributed by atoms with van der Waals surface area (Å²) >= 11 is 0. The van der Waals surface area contributed by atoms with Gasteiger partial charge in [-0.2, -0.15) is 10.1 Å². The molecule has 2 saturated heterocycles. The van der Waals surface area contributed by atoms with Gasteiger partial charge < -0.3 is 11.1 Å². The number of carbonyl (C=O) groups is 5. The van der Waals surface area contributed by atoms with Gasteiger partial charge in [-0.25, -0.2) is 9.68 Å². The van der Waals surface area contributed by atoms with Crippen molar-refractivity contribution in [2.75, 3.05) is 13.1 Å². The molecule has 5 amide bonds. The molecule has 0 unspecified atom stereocenters. The minimum Gasteiger partial charge on any atom is -0.355 e. The molecule has 0 spiro atoms. The highest BCUT2D eigenvalue weighted by molar-refractivity contribution is 6.01. The molecule has 0 radical (unpaired) electrons. The molecule has 2 rings (SSSR count). The number of hydroxylamine groups is 4. The number of nitrogens with zero attached hydrogens (tertiary/aromatic N) is 2. The number of nitrogens with two attached hydrogens (primary N) is 1. The lowest BCUT2D eigenvalue weighted by Gasteiger charge is -2.24. The van der Waals surface area contributed by atoms with Gasteiger partial charge >= 0.3 is 0 Å². The summed E-state index contributed by atoms with van der Waals surface area (Å²) < 4.78 is 0. The van der Waals surface area contributed by atoms with Gasteiger partial charge in [-0.1, -0.05) is 0 Å². The minimum absolute atomic E-state index is 0.0213. The quantitative estimate of drug-likeness (QED) is 0.378. The van der Waals surface area contributed by atoms with Crippen LogP contribution >= 0.6 is 0 Å². The van der Waals surface area contributed by atoms with Crippen LogP contribution in [-0.4, -0.2) is 59.0 Å². The van der Waals surface area contributed by atoms with Gasteiger partial charge in [0, 0.05) is 38.8 Å². The number of amides is 5. The Morgan fingerprint density at radius 1 is 0.958 bits per heavy atom. The molecule has 11 nitrogen and oxygen atoms in total. The predicted octanol–water partition coefficient (Wildman–Crippen LogP) is -2.06. The van der Waals surface area contributed by atoms with Crippen molar-refractivity contribution >= 4 is 29.5 Å². The molecule has 2 aliphatic heterocycles. The Morgan fingerprint density at radius 3 is 1.75 bits per heavy atom. The van der Waals surface area contributed by atoms with Crippen LogP contribution in [-0.2, 0) is 33.6 Å². The summed E-state index contributed by atoms with van der Waals surface area (Å²) in [5.41, 5.74) is 5.27. The minimum atomic E-state index is -1.49. The monoisotopic (exact) mass is 342 g/mol. The maximum absolute atomic E-state index is 11.8. The number of nitrogens with one attached hydrogen (secondary N) is 1. The van der Waals surface area contributed by atoms with E-state index in [4.69, 9.17) is 15.4 Å². The average molecular weight is 342 g/mol. The van der Waals surface area contributed by atoms with Crippen LogP contribution in [0.4, 0.5) is 0 Å². The first-order chi connectivity index (χ1) is 11.4. The molecule has 0 saturated carbocycles. The fourth-order valence-corrected chi connectivity index (χ4v) is 2.11. The van der Waals surface area contributed by atoms with E-state index < -0.39 is 42.2 Å². The first-order valence-electron chi connectivity index (χ1n) is 7.44. The predicted molar refractivity (Wildman–Crippen MR) is 74.8 cm³/mol. The first-order valence-corrected chi connectivity index (χ1v) is 7.44. The number of rotatable bonds is 8. The zero-order chi connectivity index (χ0) is 17.7. The van der Waals surface area contributed by atoms with Gasteiger partial charge in [0.05, 0.1) is 6.42 Å². The third kappa shape index (κ3) is 4.34. The summed E-state index contributed by atoms with van der Waals surface area (Å²) in [6.07, 6.45) is -2.01. The molecule has 3 N–H and O–H groups in total. The molecule has 0 aliphatic carbocycles. The molecule has 2 heterocycles. The molecule has 0 atom stereocenters. The van der Waals surface area contributed by atoms with E-state index >= 15 is 0 Å². The Balaban J connectivity index is 2.04. The molecule has 0 bridgehead atoms. The van der Waals surface area contributed by atoms with E-state index in [0.717, 1.165) is 0 Å². The normalized spacial score (nSPS) is 18.2. The summed E-state index contributed by atoms with van der Waals surface area (Å²) in [5.74, 6) is -2.89. The molecular formula is C13H18N4O7. The summed E-state index contributed by atoms with van der Waals surface area (Å²) in [6.45, 7) is 0.416. The van der Waals surface area contributed by atoms with Crippen molar-refractivity contribution in [3.8, 4) is 0 Å². The molecular weight excluding hydrogens is 324 g/mol. The Bertz CT molecular complexity index is 495. The Hall–Kier alpha value is -2.37. The van der Waals surface area contributed by atoms with Gasteiger partial charge in [0.2, 0.25) is 12.2 Å². The topological polar surface area (TPSA) is 148 Å². The Labute approximate surface area is 136 Å². The van der Waals surface area contributed by atoms with Crippen molar-refractivity contribution in [2.24, 2.45) is 5.73 Å². The van der Waals surface area contributed by atoms with Crippen LogP contribution in [0.3, 0.4) is 0 Å². The third-order valence-corrected chi connectivity index (χ3v) is 3.28. The second kappa shape index (κ2) is 7.95. The van der Waals surface area contributed by atoms with E-state index in [1.165, 1.54) is 0 Å². The van der Waals surface area contributed by atoms with Gasteiger partial charge in [0.15, 0.2) is 0 Å². The second-order valence-corrected chi connectivity index (χ2v) is 5.15. The molecule has 0 aromatic heterocycles. The SMILES string of the molecule is NCCNC(=O)CC(ON1C(=O)CCC1=O)ON1C(=O)CCC1=O. The van der Waals surface area contributed by atoms with E-state index in [1.807, 2.05) is 0 Å². The fraction of sp³-hybridized carbons (Fsp3) is 0.615. The fourth-order valence-electron chi connectivity index (χ4n) is 2.11. The zero-order valence-corrected chi connectivity index (χ0v) is 12.9. The van der Waals surface area contributed by atoms with Crippen molar-refractivity contribution in [1.82, 2.24) is 15.4 Å². The van der Waals surface area contributed by atoms with Gasteiger partial charge in [-0.15, -0.1) is 0 Å². The van der Waals surface area contributed by atoms with Crippen LogP contribution in [0.1, 0.15) is 32.1 Å². The molecule has 11 heteroatoms. The molecule has 24 heavy (non-hydrogen) atoms. The highest BCUT2D eigenvalue weighted by Crippen LogP contribution is 2.19. The van der Waals surface area contributed by atoms with E-state index in [1.54, 1.807) is 0 Å². The van der Waals surface area contributed by atoms with E-state index in [2.05, 4.69) is 5.32 Å². The summed E-state index contributed by atoms with van der Waals surface area (Å²) in [7, 11) is 0. The van der Waals surface area contributed by atoms with Crippen molar-refractivity contribution in [1.29, 1.82) is 0 Å². The Kier molecular flexibility index (Phi) is 5.95. The summed E-state index contributed by atoms with van der Waals surface area (Å²) in [5, 5.41) is 3.44. The number of carbonyl (C=O) groups excluding carboxylic acids is 5. The third-order valence-electron chi connectivity index (χ3n) is 3.28. The molecule has 2 fully saturated rings. The van der Waals surface area contributed by atoms with Crippen LogP contribution in [0.5, 0.6) is 0 Å². The number of hydrogen-bond acceptors (Lipinski definition) is 8. The van der Waals surface area contributed by atoms with Gasteiger partial charge in [-0.05, 0) is 0 Å². The lowest BCUT2D eigenvalue weighted by molar-refractivity contribution is -0.309. The van der Waals surface area contributed by atoms with Crippen molar-refractivity contribution in [3.05, 3.63) is 0 Å². The first kappa shape index (κ1) is 18.0. The largest absolute Gasteiger partial charge is 0.355 e. The average Bonchev–Trinajstić information content (AvgIpc) is 3.02.